The van der Waals surface area contributed by atoms with Crippen molar-refractivity contribution in [2.45, 2.75) is 18.4 Å². The molecular formula is C21H19FN2O4S. The first-order valence-corrected chi connectivity index (χ1v) is 10.3. The van der Waals surface area contributed by atoms with Crippen LogP contribution in [0.3, 0.4) is 0 Å². The number of thioether (sulfide) groups is 1. The zero-order chi connectivity index (χ0) is 20.4. The number of rotatable bonds is 6. The molecule has 29 heavy (non-hydrogen) atoms. The predicted molar refractivity (Wildman–Crippen MR) is 109 cm³/mol. The van der Waals surface area contributed by atoms with Crippen LogP contribution in [-0.4, -0.2) is 30.6 Å². The van der Waals surface area contributed by atoms with Crippen LogP contribution in [0.25, 0.3) is 10.9 Å². The minimum absolute atomic E-state index is 0.125. The lowest BCUT2D eigenvalue weighted by molar-refractivity contribution is 0.0527. The summed E-state index contributed by atoms with van der Waals surface area (Å²) in [4.78, 5) is 17.5. The van der Waals surface area contributed by atoms with Crippen LogP contribution in [0.5, 0.6) is 11.5 Å². The smallest absolute Gasteiger partial charge is 0.341 e. The summed E-state index contributed by atoms with van der Waals surface area (Å²) in [6.07, 6.45) is 3.29. The molecule has 3 aromatic rings. The van der Waals surface area contributed by atoms with E-state index in [1.807, 2.05) is 18.4 Å². The van der Waals surface area contributed by atoms with Crippen molar-refractivity contribution in [2.24, 2.45) is 0 Å². The number of anilines is 1. The molecule has 0 spiro atoms. The van der Waals surface area contributed by atoms with Gasteiger partial charge in [0.15, 0.2) is 11.5 Å². The quantitative estimate of drug-likeness (QED) is 0.466. The highest BCUT2D eigenvalue weighted by Gasteiger charge is 2.23. The van der Waals surface area contributed by atoms with Crippen LogP contribution in [0.2, 0.25) is 0 Å². The maximum absolute atomic E-state index is 14.1. The number of aromatic nitrogens is 1. The fourth-order valence-corrected chi connectivity index (χ4v) is 3.65. The molecule has 0 bridgehead atoms. The first-order valence-electron chi connectivity index (χ1n) is 9.07. The van der Waals surface area contributed by atoms with Gasteiger partial charge in [0.05, 0.1) is 12.3 Å². The molecule has 2 heterocycles. The Balaban J connectivity index is 1.74. The summed E-state index contributed by atoms with van der Waals surface area (Å²) in [7, 11) is 0. The van der Waals surface area contributed by atoms with Gasteiger partial charge in [-0.2, -0.15) is 0 Å². The summed E-state index contributed by atoms with van der Waals surface area (Å²) in [6.45, 7) is 2.44. The third-order valence-corrected chi connectivity index (χ3v) is 5.33. The molecular weight excluding hydrogens is 395 g/mol. The second kappa shape index (κ2) is 8.16. The number of hydrogen-bond donors (Lipinski definition) is 1. The van der Waals surface area contributed by atoms with Crippen LogP contribution >= 0.6 is 11.8 Å². The zero-order valence-electron chi connectivity index (χ0n) is 16.0. The first-order chi connectivity index (χ1) is 14.1. The van der Waals surface area contributed by atoms with Crippen LogP contribution in [0, 0.1) is 5.82 Å². The number of hydrogen-bond acceptors (Lipinski definition) is 7. The molecule has 1 N–H and O–H groups in total. The van der Waals surface area contributed by atoms with Gasteiger partial charge in [0, 0.05) is 23.0 Å². The molecule has 0 unspecified atom stereocenters. The van der Waals surface area contributed by atoms with Gasteiger partial charge in [0.25, 0.3) is 0 Å². The van der Waals surface area contributed by atoms with E-state index >= 15 is 0 Å². The van der Waals surface area contributed by atoms with Gasteiger partial charge in [0.2, 0.25) is 6.79 Å². The van der Waals surface area contributed by atoms with E-state index in [1.165, 1.54) is 24.0 Å². The molecule has 1 aliphatic heterocycles. The maximum atomic E-state index is 14.1. The third-order valence-electron chi connectivity index (χ3n) is 4.56. The van der Waals surface area contributed by atoms with E-state index in [0.29, 0.717) is 45.1 Å². The Morgan fingerprint density at radius 2 is 2.17 bits per heavy atom. The Bertz CT molecular complexity index is 1090. The lowest BCUT2D eigenvalue weighted by atomic mass is 10.1. The number of fused-ring (bicyclic) bond motifs is 3. The second-order valence-electron chi connectivity index (χ2n) is 6.29. The number of pyridine rings is 1. The average Bonchev–Trinajstić information content (AvgIpc) is 3.21. The molecule has 4 rings (SSSR count). The molecule has 1 aliphatic rings. The fourth-order valence-electron chi connectivity index (χ4n) is 3.19. The summed E-state index contributed by atoms with van der Waals surface area (Å²) in [6, 6.07) is 8.68. The van der Waals surface area contributed by atoms with E-state index < -0.39 is 5.97 Å². The Morgan fingerprint density at radius 1 is 1.31 bits per heavy atom. The van der Waals surface area contributed by atoms with Crippen molar-refractivity contribution in [3.8, 4) is 11.5 Å². The average molecular weight is 414 g/mol. The summed E-state index contributed by atoms with van der Waals surface area (Å²) in [5, 5.41) is 3.95. The molecule has 0 saturated heterocycles. The van der Waals surface area contributed by atoms with Gasteiger partial charge in [-0.1, -0.05) is 6.07 Å². The van der Waals surface area contributed by atoms with E-state index in [0.717, 1.165) is 5.56 Å². The Hall–Kier alpha value is -3.00. The molecule has 0 fully saturated rings. The highest BCUT2D eigenvalue weighted by molar-refractivity contribution is 7.98. The van der Waals surface area contributed by atoms with Crippen LogP contribution in [0.1, 0.15) is 22.8 Å². The molecule has 8 heteroatoms. The lowest BCUT2D eigenvalue weighted by Crippen LogP contribution is -2.11. The van der Waals surface area contributed by atoms with Gasteiger partial charge in [0.1, 0.15) is 16.9 Å². The lowest BCUT2D eigenvalue weighted by Gasteiger charge is -2.15. The van der Waals surface area contributed by atoms with Gasteiger partial charge in [-0.3, -0.25) is 4.98 Å². The minimum atomic E-state index is -0.481. The van der Waals surface area contributed by atoms with Crippen molar-refractivity contribution >= 4 is 34.3 Å². The molecule has 6 nitrogen and oxygen atoms in total. The number of esters is 1. The van der Waals surface area contributed by atoms with E-state index in [4.69, 9.17) is 14.2 Å². The van der Waals surface area contributed by atoms with E-state index in [1.54, 1.807) is 19.1 Å². The zero-order valence-corrected chi connectivity index (χ0v) is 16.8. The number of benzene rings is 2. The fraction of sp³-hybridized carbons (Fsp3) is 0.238. The number of carbonyl (C=O) groups is 1. The summed E-state index contributed by atoms with van der Waals surface area (Å²) in [5.74, 6) is 0.391. The van der Waals surface area contributed by atoms with Crippen molar-refractivity contribution in [3.05, 3.63) is 53.5 Å². The Kier molecular flexibility index (Phi) is 5.44. The highest BCUT2D eigenvalue weighted by atomic mass is 32.2. The van der Waals surface area contributed by atoms with E-state index in [9.17, 15) is 9.18 Å². The molecule has 0 atom stereocenters. The third kappa shape index (κ3) is 3.67. The Morgan fingerprint density at radius 3 is 2.93 bits per heavy atom. The van der Waals surface area contributed by atoms with E-state index in [-0.39, 0.29) is 19.2 Å². The summed E-state index contributed by atoms with van der Waals surface area (Å²) < 4.78 is 30.2. The molecule has 2 aromatic carbocycles. The van der Waals surface area contributed by atoms with Crippen LogP contribution in [0.4, 0.5) is 10.1 Å². The molecule has 150 valence electrons. The van der Waals surface area contributed by atoms with Gasteiger partial charge >= 0.3 is 5.97 Å². The van der Waals surface area contributed by atoms with Crippen molar-refractivity contribution in [2.75, 3.05) is 25.0 Å². The molecule has 1 aromatic heterocycles. The van der Waals surface area contributed by atoms with Crippen molar-refractivity contribution in [1.82, 2.24) is 4.98 Å². The number of carbonyl (C=O) groups excluding carboxylic acids is 1. The highest BCUT2D eigenvalue weighted by Crippen LogP contribution is 2.41. The predicted octanol–water partition coefficient (Wildman–Crippen LogP) is 4.61. The van der Waals surface area contributed by atoms with Crippen LogP contribution in [0.15, 0.2) is 41.4 Å². The largest absolute Gasteiger partial charge is 0.462 e. The van der Waals surface area contributed by atoms with E-state index in [2.05, 4.69) is 10.3 Å². The normalized spacial score (nSPS) is 12.2. The molecule has 0 aliphatic carbocycles. The number of ether oxygens (including phenoxy) is 3. The van der Waals surface area contributed by atoms with Crippen LogP contribution < -0.4 is 14.8 Å². The Labute approximate surface area is 171 Å². The number of nitrogens with one attached hydrogen (secondary N) is 1. The minimum Gasteiger partial charge on any atom is -0.462 e. The van der Waals surface area contributed by atoms with Gasteiger partial charge < -0.3 is 19.5 Å². The maximum Gasteiger partial charge on any atom is 0.341 e. The topological polar surface area (TPSA) is 69.7 Å². The SMILES string of the molecule is CCOC(=O)c1cnc2c3c(ccc2c1NCc1ccc(SC)c(F)c1)OCO3. The van der Waals surface area contributed by atoms with Crippen molar-refractivity contribution in [3.63, 3.8) is 0 Å². The number of halogens is 1. The molecule has 0 saturated carbocycles. The number of nitrogens with zero attached hydrogens (tertiary/aromatic N) is 1. The first kappa shape index (κ1) is 19.3. The summed E-state index contributed by atoms with van der Waals surface area (Å²) >= 11 is 1.35. The standard InChI is InChI=1S/C21H19FN2O4S/c1-3-26-21(25)14-10-24-19-13(5-6-16-20(19)28-11-27-16)18(14)23-9-12-4-7-17(29-2)15(22)8-12/h4-8,10H,3,9,11H2,1-2H3,(H,23,24). The van der Waals surface area contributed by atoms with Gasteiger partial charge in [-0.15, -0.1) is 11.8 Å². The summed E-state index contributed by atoms with van der Waals surface area (Å²) in [5.41, 5.74) is 2.20. The molecule has 0 amide bonds. The second-order valence-corrected chi connectivity index (χ2v) is 7.13. The molecule has 0 radical (unpaired) electrons. The van der Waals surface area contributed by atoms with Crippen LogP contribution in [-0.2, 0) is 11.3 Å². The van der Waals surface area contributed by atoms with Gasteiger partial charge in [-0.25, -0.2) is 9.18 Å². The van der Waals surface area contributed by atoms with Gasteiger partial charge in [-0.05, 0) is 43.0 Å². The van der Waals surface area contributed by atoms with Crippen molar-refractivity contribution in [1.29, 1.82) is 0 Å². The van der Waals surface area contributed by atoms with Crippen molar-refractivity contribution < 1.29 is 23.4 Å². The monoisotopic (exact) mass is 414 g/mol.